The van der Waals surface area contributed by atoms with Crippen LogP contribution in [0, 0.1) is 6.92 Å². The highest BCUT2D eigenvalue weighted by molar-refractivity contribution is 8.18. The summed E-state index contributed by atoms with van der Waals surface area (Å²) in [5.41, 5.74) is 2.49. The molecule has 0 unspecified atom stereocenters. The second-order valence-electron chi connectivity index (χ2n) is 5.52. The lowest BCUT2D eigenvalue weighted by molar-refractivity contribution is -0.115. The number of rotatable bonds is 4. The van der Waals surface area contributed by atoms with Crippen LogP contribution in [0.25, 0.3) is 6.08 Å². The van der Waals surface area contributed by atoms with Crippen LogP contribution in [-0.2, 0) is 4.79 Å². The third-order valence-corrected chi connectivity index (χ3v) is 4.90. The van der Waals surface area contributed by atoms with Gasteiger partial charge in [-0.25, -0.2) is 4.99 Å². The Bertz CT molecular complexity index is 925. The van der Waals surface area contributed by atoms with Crippen LogP contribution in [0.5, 0.6) is 11.5 Å². The Labute approximate surface area is 161 Å². The van der Waals surface area contributed by atoms with E-state index in [1.54, 1.807) is 32.4 Å². The number of aryl methyl sites for hydroxylation is 1. The van der Waals surface area contributed by atoms with E-state index in [4.69, 9.17) is 21.1 Å². The highest BCUT2D eigenvalue weighted by Crippen LogP contribution is 2.33. The molecule has 1 heterocycles. The van der Waals surface area contributed by atoms with Crippen molar-refractivity contribution in [2.45, 2.75) is 6.92 Å². The number of amides is 1. The van der Waals surface area contributed by atoms with Gasteiger partial charge in [0, 0.05) is 16.7 Å². The fourth-order valence-electron chi connectivity index (χ4n) is 2.41. The maximum Gasteiger partial charge on any atom is 0.264 e. The number of benzene rings is 2. The Balaban J connectivity index is 1.88. The number of amidine groups is 1. The van der Waals surface area contributed by atoms with Crippen molar-refractivity contribution in [3.05, 3.63) is 57.5 Å². The highest BCUT2D eigenvalue weighted by atomic mass is 35.5. The molecule has 3 rings (SSSR count). The first-order valence-corrected chi connectivity index (χ1v) is 8.97. The van der Waals surface area contributed by atoms with Crippen molar-refractivity contribution in [1.29, 1.82) is 0 Å². The molecule has 5 nitrogen and oxygen atoms in total. The number of halogens is 1. The lowest BCUT2D eigenvalue weighted by Gasteiger charge is -2.07. The van der Waals surface area contributed by atoms with Crippen LogP contribution in [0.2, 0.25) is 5.02 Å². The first-order chi connectivity index (χ1) is 12.5. The summed E-state index contributed by atoms with van der Waals surface area (Å²) in [6.45, 7) is 1.92. The smallest absolute Gasteiger partial charge is 0.264 e. The molecule has 1 aliphatic heterocycles. The molecule has 134 valence electrons. The number of carbonyl (C=O) groups is 1. The second-order valence-corrected chi connectivity index (χ2v) is 6.99. The molecule has 7 heteroatoms. The summed E-state index contributed by atoms with van der Waals surface area (Å²) in [6.07, 6.45) is 1.77. The number of hydrogen-bond acceptors (Lipinski definition) is 5. The molecule has 26 heavy (non-hydrogen) atoms. The minimum absolute atomic E-state index is 0.196. The zero-order valence-electron chi connectivity index (χ0n) is 14.5. The molecule has 0 radical (unpaired) electrons. The summed E-state index contributed by atoms with van der Waals surface area (Å²) in [5, 5.41) is 3.96. The number of carbonyl (C=O) groups excluding carboxylic acids is 1. The van der Waals surface area contributed by atoms with E-state index in [2.05, 4.69) is 10.3 Å². The van der Waals surface area contributed by atoms with Crippen molar-refractivity contribution in [3.8, 4) is 11.5 Å². The van der Waals surface area contributed by atoms with Crippen molar-refractivity contribution >= 4 is 46.2 Å². The zero-order valence-corrected chi connectivity index (χ0v) is 16.1. The zero-order chi connectivity index (χ0) is 18.7. The number of aliphatic imine (C=N–C) groups is 1. The fraction of sp³-hybridized carbons (Fsp3) is 0.158. The molecule has 1 amide bonds. The summed E-state index contributed by atoms with van der Waals surface area (Å²) >= 11 is 7.25. The number of thioether (sulfide) groups is 1. The van der Waals surface area contributed by atoms with Gasteiger partial charge in [-0.1, -0.05) is 11.6 Å². The number of nitrogens with one attached hydrogen (secondary N) is 1. The van der Waals surface area contributed by atoms with Crippen LogP contribution in [-0.4, -0.2) is 25.3 Å². The van der Waals surface area contributed by atoms with Gasteiger partial charge in [0.25, 0.3) is 5.91 Å². The van der Waals surface area contributed by atoms with Crippen LogP contribution in [0.1, 0.15) is 11.1 Å². The molecule has 1 saturated heterocycles. The number of hydrogen-bond donors (Lipinski definition) is 1. The van der Waals surface area contributed by atoms with Gasteiger partial charge in [0.2, 0.25) is 0 Å². The molecule has 1 fully saturated rings. The van der Waals surface area contributed by atoms with Crippen molar-refractivity contribution < 1.29 is 14.3 Å². The van der Waals surface area contributed by atoms with E-state index in [1.165, 1.54) is 11.8 Å². The van der Waals surface area contributed by atoms with Crippen LogP contribution in [0.4, 0.5) is 5.69 Å². The van der Waals surface area contributed by atoms with Gasteiger partial charge in [0.15, 0.2) is 5.17 Å². The van der Waals surface area contributed by atoms with Crippen molar-refractivity contribution in [3.63, 3.8) is 0 Å². The van der Waals surface area contributed by atoms with Gasteiger partial charge in [-0.2, -0.15) is 0 Å². The predicted octanol–water partition coefficient (Wildman–Crippen LogP) is 4.56. The van der Waals surface area contributed by atoms with Gasteiger partial charge >= 0.3 is 0 Å². The fourth-order valence-corrected chi connectivity index (χ4v) is 3.47. The van der Waals surface area contributed by atoms with Gasteiger partial charge in [0.05, 0.1) is 24.8 Å². The summed E-state index contributed by atoms with van der Waals surface area (Å²) in [6, 6.07) is 10.9. The quantitative estimate of drug-likeness (QED) is 0.780. The van der Waals surface area contributed by atoms with Gasteiger partial charge in [-0.15, -0.1) is 0 Å². The molecule has 0 atom stereocenters. The minimum Gasteiger partial charge on any atom is -0.497 e. The summed E-state index contributed by atoms with van der Waals surface area (Å²) < 4.78 is 10.6. The van der Waals surface area contributed by atoms with E-state index in [0.717, 1.165) is 16.8 Å². The van der Waals surface area contributed by atoms with E-state index in [0.29, 0.717) is 26.6 Å². The standard InChI is InChI=1S/C19H17ClN2O3S/c1-11-8-13(20)5-7-15(11)21-19-22-18(23)17(26-19)9-12-4-6-14(24-2)10-16(12)25-3/h4-10H,1-3H3,(H,21,22,23)/b17-9-. The van der Waals surface area contributed by atoms with Crippen LogP contribution >= 0.6 is 23.4 Å². The number of nitrogens with zero attached hydrogens (tertiary/aromatic N) is 1. The molecular formula is C19H17ClN2O3S. The maximum absolute atomic E-state index is 12.3. The Morgan fingerprint density at radius 1 is 1.15 bits per heavy atom. The molecule has 0 saturated carbocycles. The topological polar surface area (TPSA) is 59.9 Å². The molecule has 0 spiro atoms. The first-order valence-electron chi connectivity index (χ1n) is 7.78. The van der Waals surface area contributed by atoms with Crippen LogP contribution in [0.3, 0.4) is 0 Å². The van der Waals surface area contributed by atoms with E-state index >= 15 is 0 Å². The predicted molar refractivity (Wildman–Crippen MR) is 107 cm³/mol. The number of methoxy groups -OCH3 is 2. The maximum atomic E-state index is 12.3. The van der Waals surface area contributed by atoms with Crippen molar-refractivity contribution in [1.82, 2.24) is 5.32 Å². The second kappa shape index (κ2) is 7.85. The van der Waals surface area contributed by atoms with Crippen LogP contribution < -0.4 is 14.8 Å². The van der Waals surface area contributed by atoms with Gasteiger partial charge < -0.3 is 14.8 Å². The SMILES string of the molecule is COc1ccc(/C=C2\SC(=Nc3ccc(Cl)cc3C)NC2=O)c(OC)c1. The molecular weight excluding hydrogens is 372 g/mol. The minimum atomic E-state index is -0.196. The number of ether oxygens (including phenoxy) is 2. The highest BCUT2D eigenvalue weighted by Gasteiger charge is 2.24. The van der Waals surface area contributed by atoms with Gasteiger partial charge in [-0.3, -0.25) is 4.79 Å². The third kappa shape index (κ3) is 4.03. The largest absolute Gasteiger partial charge is 0.497 e. The molecule has 0 aromatic heterocycles. The molecule has 1 aliphatic rings. The Kier molecular flexibility index (Phi) is 5.54. The summed E-state index contributed by atoms with van der Waals surface area (Å²) in [5.74, 6) is 1.12. The van der Waals surface area contributed by atoms with E-state index in [1.807, 2.05) is 31.2 Å². The molecule has 1 N–H and O–H groups in total. The average Bonchev–Trinajstić information content (AvgIpc) is 2.97. The van der Waals surface area contributed by atoms with Crippen LogP contribution in [0.15, 0.2) is 46.3 Å². The molecule has 0 bridgehead atoms. The Morgan fingerprint density at radius 2 is 1.96 bits per heavy atom. The van der Waals surface area contributed by atoms with Gasteiger partial charge in [-0.05, 0) is 60.7 Å². The average molecular weight is 389 g/mol. The summed E-state index contributed by atoms with van der Waals surface area (Å²) in [7, 11) is 3.17. The third-order valence-electron chi connectivity index (χ3n) is 3.76. The Hall–Kier alpha value is -2.44. The molecule has 2 aromatic rings. The monoisotopic (exact) mass is 388 g/mol. The molecule has 0 aliphatic carbocycles. The van der Waals surface area contributed by atoms with E-state index in [-0.39, 0.29) is 5.91 Å². The Morgan fingerprint density at radius 3 is 2.65 bits per heavy atom. The normalized spacial score (nSPS) is 16.8. The van der Waals surface area contributed by atoms with E-state index in [9.17, 15) is 4.79 Å². The lowest BCUT2D eigenvalue weighted by Crippen LogP contribution is -2.19. The van der Waals surface area contributed by atoms with Crippen molar-refractivity contribution in [2.75, 3.05) is 14.2 Å². The lowest BCUT2D eigenvalue weighted by atomic mass is 10.1. The molecule has 2 aromatic carbocycles. The van der Waals surface area contributed by atoms with Gasteiger partial charge in [0.1, 0.15) is 11.5 Å². The first kappa shape index (κ1) is 18.4. The summed E-state index contributed by atoms with van der Waals surface area (Å²) in [4.78, 5) is 17.3. The van der Waals surface area contributed by atoms with E-state index < -0.39 is 0 Å². The van der Waals surface area contributed by atoms with Crippen molar-refractivity contribution in [2.24, 2.45) is 4.99 Å².